The molecule has 0 aliphatic carbocycles. The van der Waals surface area contributed by atoms with Crippen LogP contribution in [-0.2, 0) is 0 Å². The number of aromatic nitrogens is 3. The predicted octanol–water partition coefficient (Wildman–Crippen LogP) is 2.43. The summed E-state index contributed by atoms with van der Waals surface area (Å²) in [5.74, 6) is 0. The maximum Gasteiger partial charge on any atom is 0.137 e. The minimum atomic E-state index is 1.09. The van der Waals surface area contributed by atoms with Crippen LogP contribution in [0.2, 0.25) is 0 Å². The highest BCUT2D eigenvalue weighted by Crippen LogP contribution is 2.19. The Labute approximate surface area is 81.4 Å². The van der Waals surface area contributed by atoms with Gasteiger partial charge in [-0.1, -0.05) is 12.1 Å². The van der Waals surface area contributed by atoms with Gasteiger partial charge in [0.1, 0.15) is 5.65 Å². The van der Waals surface area contributed by atoms with Crippen molar-refractivity contribution in [2.75, 3.05) is 0 Å². The fraction of sp³-hybridized carbons (Fsp3) is 0.182. The number of rotatable bonds is 0. The number of hydrogen-bond donors (Lipinski definition) is 1. The summed E-state index contributed by atoms with van der Waals surface area (Å²) in [5.41, 5.74) is 5.68. The zero-order chi connectivity index (χ0) is 9.71. The summed E-state index contributed by atoms with van der Waals surface area (Å²) < 4.78 is 1.97. The highest BCUT2D eigenvalue weighted by molar-refractivity contribution is 5.81. The molecule has 0 aliphatic heterocycles. The lowest BCUT2D eigenvalue weighted by Crippen LogP contribution is -1.82. The van der Waals surface area contributed by atoms with Crippen molar-refractivity contribution in [1.82, 2.24) is 14.6 Å². The molecule has 3 heteroatoms. The number of nitrogens with one attached hydrogen (secondary N) is 1. The van der Waals surface area contributed by atoms with Crippen LogP contribution >= 0.6 is 0 Å². The Morgan fingerprint density at radius 2 is 2.00 bits per heavy atom. The van der Waals surface area contributed by atoms with Gasteiger partial charge in [0.05, 0.1) is 16.7 Å². The van der Waals surface area contributed by atoms with E-state index in [0.717, 1.165) is 22.4 Å². The first-order valence-corrected chi connectivity index (χ1v) is 4.70. The predicted molar refractivity (Wildman–Crippen MR) is 56.5 cm³/mol. The Morgan fingerprint density at radius 1 is 1.21 bits per heavy atom. The van der Waals surface area contributed by atoms with Crippen molar-refractivity contribution in [2.24, 2.45) is 0 Å². The zero-order valence-corrected chi connectivity index (χ0v) is 8.20. The first-order chi connectivity index (χ1) is 6.77. The van der Waals surface area contributed by atoms with Gasteiger partial charge in [-0.15, -0.1) is 0 Å². The van der Waals surface area contributed by atoms with Crippen LogP contribution in [0.4, 0.5) is 0 Å². The molecule has 0 amide bonds. The lowest BCUT2D eigenvalue weighted by atomic mass is 10.3. The molecule has 0 bridgehead atoms. The first-order valence-electron chi connectivity index (χ1n) is 4.70. The number of fused-ring (bicyclic) bond motifs is 3. The number of aromatic amines is 1. The summed E-state index contributed by atoms with van der Waals surface area (Å²) in [7, 11) is 0. The molecule has 70 valence electrons. The standard InChI is InChI=1S/C11H11N3/c1-7-8(2)13-14-10-6-4-3-5-9(10)12-11(7)14/h3-6,12H,1-2H3. The van der Waals surface area contributed by atoms with Gasteiger partial charge >= 0.3 is 0 Å². The number of hydrogen-bond acceptors (Lipinski definition) is 1. The maximum atomic E-state index is 4.49. The fourth-order valence-corrected chi connectivity index (χ4v) is 1.82. The van der Waals surface area contributed by atoms with Gasteiger partial charge < -0.3 is 4.98 Å². The van der Waals surface area contributed by atoms with Gasteiger partial charge in [0.15, 0.2) is 0 Å². The van der Waals surface area contributed by atoms with Gasteiger partial charge in [-0.25, -0.2) is 4.52 Å². The molecule has 2 heterocycles. The molecule has 0 spiro atoms. The Kier molecular flexibility index (Phi) is 1.29. The maximum absolute atomic E-state index is 4.49. The second-order valence-electron chi connectivity index (χ2n) is 3.61. The highest BCUT2D eigenvalue weighted by Gasteiger charge is 2.09. The summed E-state index contributed by atoms with van der Waals surface area (Å²) in [6.45, 7) is 4.12. The van der Waals surface area contributed by atoms with Crippen LogP contribution in [0.1, 0.15) is 11.3 Å². The normalized spacial score (nSPS) is 11.6. The SMILES string of the molecule is Cc1nn2c([nH]c3ccccc32)c1C. The van der Waals surface area contributed by atoms with Gasteiger partial charge in [-0.05, 0) is 26.0 Å². The van der Waals surface area contributed by atoms with Crippen LogP contribution in [0, 0.1) is 13.8 Å². The van der Waals surface area contributed by atoms with Gasteiger partial charge in [0.2, 0.25) is 0 Å². The average molecular weight is 185 g/mol. The van der Waals surface area contributed by atoms with Crippen molar-refractivity contribution < 1.29 is 0 Å². The molecule has 0 atom stereocenters. The molecular weight excluding hydrogens is 174 g/mol. The number of aryl methyl sites for hydroxylation is 2. The summed E-state index contributed by atoms with van der Waals surface area (Å²) in [6, 6.07) is 8.20. The summed E-state index contributed by atoms with van der Waals surface area (Å²) in [4.78, 5) is 3.37. The largest absolute Gasteiger partial charge is 0.338 e. The molecule has 0 radical (unpaired) electrons. The van der Waals surface area contributed by atoms with E-state index in [2.05, 4.69) is 29.1 Å². The van der Waals surface area contributed by atoms with E-state index < -0.39 is 0 Å². The van der Waals surface area contributed by atoms with E-state index in [0.29, 0.717) is 0 Å². The molecule has 14 heavy (non-hydrogen) atoms. The first kappa shape index (κ1) is 7.62. The van der Waals surface area contributed by atoms with Crippen molar-refractivity contribution in [3.63, 3.8) is 0 Å². The third kappa shape index (κ3) is 0.789. The lowest BCUT2D eigenvalue weighted by Gasteiger charge is -1.87. The average Bonchev–Trinajstić information content (AvgIpc) is 2.67. The molecular formula is C11H11N3. The van der Waals surface area contributed by atoms with E-state index >= 15 is 0 Å². The van der Waals surface area contributed by atoms with Crippen molar-refractivity contribution in [1.29, 1.82) is 0 Å². The number of H-pyrrole nitrogens is 1. The quantitative estimate of drug-likeness (QED) is 0.573. The molecule has 0 unspecified atom stereocenters. The second kappa shape index (κ2) is 2.38. The Morgan fingerprint density at radius 3 is 2.86 bits per heavy atom. The van der Waals surface area contributed by atoms with Crippen molar-refractivity contribution in [3.05, 3.63) is 35.5 Å². The molecule has 2 aromatic heterocycles. The second-order valence-corrected chi connectivity index (χ2v) is 3.61. The van der Waals surface area contributed by atoms with Gasteiger partial charge in [0.25, 0.3) is 0 Å². The van der Waals surface area contributed by atoms with Crippen molar-refractivity contribution >= 4 is 16.7 Å². The monoisotopic (exact) mass is 185 g/mol. The zero-order valence-electron chi connectivity index (χ0n) is 8.20. The molecule has 3 nitrogen and oxygen atoms in total. The Balaban J connectivity index is 2.60. The smallest absolute Gasteiger partial charge is 0.137 e. The minimum absolute atomic E-state index is 1.09. The fourth-order valence-electron chi connectivity index (χ4n) is 1.82. The molecule has 1 N–H and O–H groups in total. The minimum Gasteiger partial charge on any atom is -0.338 e. The molecule has 3 aromatic rings. The van der Waals surface area contributed by atoms with E-state index in [1.54, 1.807) is 0 Å². The van der Waals surface area contributed by atoms with Gasteiger partial charge in [-0.3, -0.25) is 0 Å². The van der Waals surface area contributed by atoms with Crippen LogP contribution < -0.4 is 0 Å². The number of para-hydroxylation sites is 2. The molecule has 1 aromatic carbocycles. The summed E-state index contributed by atoms with van der Waals surface area (Å²) in [5, 5.41) is 4.49. The van der Waals surface area contributed by atoms with Crippen LogP contribution in [0.15, 0.2) is 24.3 Å². The highest BCUT2D eigenvalue weighted by atomic mass is 15.3. The van der Waals surface area contributed by atoms with E-state index in [1.165, 1.54) is 5.56 Å². The Bertz CT molecular complexity index is 616. The van der Waals surface area contributed by atoms with E-state index in [9.17, 15) is 0 Å². The Hall–Kier alpha value is -1.77. The molecule has 3 rings (SSSR count). The number of benzene rings is 1. The van der Waals surface area contributed by atoms with Crippen molar-refractivity contribution in [3.8, 4) is 0 Å². The summed E-state index contributed by atoms with van der Waals surface area (Å²) >= 11 is 0. The topological polar surface area (TPSA) is 33.1 Å². The third-order valence-corrected chi connectivity index (χ3v) is 2.75. The van der Waals surface area contributed by atoms with Gasteiger partial charge in [0, 0.05) is 5.56 Å². The van der Waals surface area contributed by atoms with Gasteiger partial charge in [-0.2, -0.15) is 5.10 Å². The van der Waals surface area contributed by atoms with Crippen LogP contribution in [0.5, 0.6) is 0 Å². The van der Waals surface area contributed by atoms with Crippen LogP contribution in [0.3, 0.4) is 0 Å². The molecule has 0 saturated carbocycles. The number of imidazole rings is 1. The number of nitrogens with zero attached hydrogens (tertiary/aromatic N) is 2. The molecule has 0 aliphatic rings. The molecule has 0 fully saturated rings. The van der Waals surface area contributed by atoms with Crippen molar-refractivity contribution in [2.45, 2.75) is 13.8 Å². The van der Waals surface area contributed by atoms with E-state index in [4.69, 9.17) is 0 Å². The van der Waals surface area contributed by atoms with Crippen LogP contribution in [0.25, 0.3) is 16.7 Å². The van der Waals surface area contributed by atoms with Crippen LogP contribution in [-0.4, -0.2) is 14.6 Å². The third-order valence-electron chi connectivity index (χ3n) is 2.75. The summed E-state index contributed by atoms with van der Waals surface area (Å²) in [6.07, 6.45) is 0. The lowest BCUT2D eigenvalue weighted by molar-refractivity contribution is 0.973. The molecule has 0 saturated heterocycles. The van der Waals surface area contributed by atoms with E-state index in [-0.39, 0.29) is 0 Å². The van der Waals surface area contributed by atoms with E-state index in [1.807, 2.05) is 23.6 Å².